The van der Waals surface area contributed by atoms with Crippen LogP contribution in [0.25, 0.3) is 0 Å². The van der Waals surface area contributed by atoms with Gasteiger partial charge in [0.2, 0.25) is 0 Å². The molecule has 1 unspecified atom stereocenters. The van der Waals surface area contributed by atoms with Gasteiger partial charge in [-0.3, -0.25) is 9.59 Å². The zero-order valence-corrected chi connectivity index (χ0v) is 12.9. The smallest absolute Gasteiger partial charge is 0.326 e. The Kier molecular flexibility index (Phi) is 3.98. The number of ether oxygens (including phenoxy) is 2. The molecule has 0 aliphatic heterocycles. The van der Waals surface area contributed by atoms with Gasteiger partial charge in [-0.1, -0.05) is 6.07 Å². The molecule has 0 radical (unpaired) electrons. The van der Waals surface area contributed by atoms with E-state index in [1.54, 1.807) is 26.8 Å². The standard InChI is InChI=1S/C16H18F2O4/c1-15(2,3)22-14(20)16(13(17)18)8-9-5-6-10(21-4)7-11(9)12(16)19/h5-7,13H,8H2,1-4H3. The molecule has 0 N–H and O–H groups in total. The molecule has 6 heteroatoms. The van der Waals surface area contributed by atoms with E-state index in [9.17, 15) is 18.4 Å². The maximum Gasteiger partial charge on any atom is 0.326 e. The van der Waals surface area contributed by atoms with Crippen LogP contribution < -0.4 is 4.74 Å². The van der Waals surface area contributed by atoms with Gasteiger partial charge in [-0.15, -0.1) is 0 Å². The minimum Gasteiger partial charge on any atom is -0.497 e. The van der Waals surface area contributed by atoms with Gasteiger partial charge in [0.05, 0.1) is 7.11 Å². The largest absolute Gasteiger partial charge is 0.497 e. The minimum absolute atomic E-state index is 0.0884. The molecule has 0 bridgehead atoms. The van der Waals surface area contributed by atoms with Crippen LogP contribution in [-0.4, -0.2) is 30.9 Å². The Balaban J connectivity index is 2.47. The number of benzene rings is 1. The molecular formula is C16H18F2O4. The van der Waals surface area contributed by atoms with E-state index >= 15 is 0 Å². The number of ketones is 1. The molecule has 0 aromatic heterocycles. The van der Waals surface area contributed by atoms with Crippen LogP contribution >= 0.6 is 0 Å². The number of carbonyl (C=O) groups excluding carboxylic acids is 2. The Hall–Kier alpha value is -1.98. The molecule has 1 atom stereocenters. The van der Waals surface area contributed by atoms with Crippen molar-refractivity contribution in [2.24, 2.45) is 5.41 Å². The molecule has 4 nitrogen and oxygen atoms in total. The van der Waals surface area contributed by atoms with Crippen molar-refractivity contribution in [1.82, 2.24) is 0 Å². The predicted molar refractivity (Wildman–Crippen MR) is 75.3 cm³/mol. The second kappa shape index (κ2) is 5.34. The van der Waals surface area contributed by atoms with Crippen molar-refractivity contribution in [2.75, 3.05) is 7.11 Å². The monoisotopic (exact) mass is 312 g/mol. The number of alkyl halides is 2. The Morgan fingerprint density at radius 3 is 2.45 bits per heavy atom. The van der Waals surface area contributed by atoms with Gasteiger partial charge in [-0.25, -0.2) is 8.78 Å². The van der Waals surface area contributed by atoms with Crippen molar-refractivity contribution in [1.29, 1.82) is 0 Å². The van der Waals surface area contributed by atoms with Crippen molar-refractivity contribution in [2.45, 2.75) is 39.2 Å². The molecular weight excluding hydrogens is 294 g/mol. The first-order chi connectivity index (χ1) is 10.1. The van der Waals surface area contributed by atoms with E-state index in [0.717, 1.165) is 0 Å². The Bertz CT molecular complexity index is 619. The summed E-state index contributed by atoms with van der Waals surface area (Å²) in [6.07, 6.45) is -3.51. The van der Waals surface area contributed by atoms with Crippen LogP contribution in [-0.2, 0) is 16.0 Å². The summed E-state index contributed by atoms with van der Waals surface area (Å²) in [6.45, 7) is 4.71. The van der Waals surface area contributed by atoms with Crippen LogP contribution in [0.5, 0.6) is 5.75 Å². The van der Waals surface area contributed by atoms with Crippen LogP contribution in [0, 0.1) is 5.41 Å². The molecule has 1 aliphatic rings. The molecule has 1 aromatic rings. The maximum absolute atomic E-state index is 13.7. The number of hydrogen-bond donors (Lipinski definition) is 0. The third-order valence-electron chi connectivity index (χ3n) is 3.57. The molecule has 1 aromatic carbocycles. The Morgan fingerprint density at radius 1 is 1.32 bits per heavy atom. The van der Waals surface area contributed by atoms with Crippen molar-refractivity contribution >= 4 is 11.8 Å². The van der Waals surface area contributed by atoms with Gasteiger partial charge < -0.3 is 9.47 Å². The lowest BCUT2D eigenvalue weighted by Gasteiger charge is -2.29. The summed E-state index contributed by atoms with van der Waals surface area (Å²) >= 11 is 0. The molecule has 22 heavy (non-hydrogen) atoms. The van der Waals surface area contributed by atoms with Crippen LogP contribution in [0.2, 0.25) is 0 Å². The molecule has 0 fully saturated rings. The number of carbonyl (C=O) groups is 2. The van der Waals surface area contributed by atoms with Gasteiger partial charge in [-0.2, -0.15) is 0 Å². The average molecular weight is 312 g/mol. The van der Waals surface area contributed by atoms with Gasteiger partial charge in [0.25, 0.3) is 6.43 Å². The second-order valence-corrected chi connectivity index (χ2v) is 6.30. The second-order valence-electron chi connectivity index (χ2n) is 6.30. The Morgan fingerprint density at radius 2 is 1.95 bits per heavy atom. The highest BCUT2D eigenvalue weighted by atomic mass is 19.3. The number of halogens is 2. The van der Waals surface area contributed by atoms with E-state index in [1.165, 1.54) is 19.2 Å². The first kappa shape index (κ1) is 16.4. The van der Waals surface area contributed by atoms with Gasteiger partial charge in [-0.05, 0) is 38.5 Å². The SMILES string of the molecule is COc1ccc2c(c1)C(=O)C(C(=O)OC(C)(C)C)(C(F)F)C2. The van der Waals surface area contributed by atoms with Crippen molar-refractivity contribution in [3.8, 4) is 5.75 Å². The predicted octanol–water partition coefficient (Wildman–Crippen LogP) is 3.03. The van der Waals surface area contributed by atoms with E-state index in [-0.39, 0.29) is 12.0 Å². The van der Waals surface area contributed by atoms with E-state index < -0.39 is 29.2 Å². The normalized spacial score (nSPS) is 21.0. The number of hydrogen-bond acceptors (Lipinski definition) is 4. The average Bonchev–Trinajstić information content (AvgIpc) is 2.71. The van der Waals surface area contributed by atoms with Gasteiger partial charge in [0.1, 0.15) is 11.4 Å². The molecule has 0 amide bonds. The third kappa shape index (κ3) is 2.58. The van der Waals surface area contributed by atoms with Crippen LogP contribution in [0.4, 0.5) is 8.78 Å². The first-order valence-electron chi connectivity index (χ1n) is 6.85. The van der Waals surface area contributed by atoms with Crippen molar-refractivity contribution in [3.63, 3.8) is 0 Å². The van der Waals surface area contributed by atoms with Crippen LogP contribution in [0.3, 0.4) is 0 Å². The summed E-state index contributed by atoms with van der Waals surface area (Å²) in [7, 11) is 1.41. The molecule has 120 valence electrons. The fourth-order valence-corrected chi connectivity index (χ4v) is 2.47. The summed E-state index contributed by atoms with van der Waals surface area (Å²) in [5.41, 5.74) is -2.93. The van der Waals surface area contributed by atoms with Crippen LogP contribution in [0.1, 0.15) is 36.7 Å². The summed E-state index contributed by atoms with van der Waals surface area (Å²) in [5, 5.41) is 0. The van der Waals surface area contributed by atoms with E-state index in [2.05, 4.69) is 0 Å². The fourth-order valence-electron chi connectivity index (χ4n) is 2.47. The highest BCUT2D eigenvalue weighted by Gasteiger charge is 2.60. The number of fused-ring (bicyclic) bond motifs is 1. The Labute approximate surface area is 127 Å². The summed E-state index contributed by atoms with van der Waals surface area (Å²) in [4.78, 5) is 24.8. The first-order valence-corrected chi connectivity index (χ1v) is 6.85. The highest BCUT2D eigenvalue weighted by Crippen LogP contribution is 2.44. The minimum atomic E-state index is -3.15. The molecule has 2 rings (SSSR count). The summed E-state index contributed by atoms with van der Waals surface area (Å²) < 4.78 is 37.4. The van der Waals surface area contributed by atoms with Crippen LogP contribution in [0.15, 0.2) is 18.2 Å². The van der Waals surface area contributed by atoms with Crippen molar-refractivity contribution < 1.29 is 27.8 Å². The highest BCUT2D eigenvalue weighted by molar-refractivity contribution is 6.16. The molecule has 0 spiro atoms. The number of esters is 1. The van der Waals surface area contributed by atoms with Gasteiger partial charge in [0, 0.05) is 12.0 Å². The van der Waals surface area contributed by atoms with E-state index in [4.69, 9.17) is 9.47 Å². The summed E-state index contributed by atoms with van der Waals surface area (Å²) in [6, 6.07) is 4.48. The molecule has 0 heterocycles. The number of rotatable bonds is 3. The number of Topliss-reactive ketones (excluding diaryl/α,β-unsaturated/α-hetero) is 1. The topological polar surface area (TPSA) is 52.6 Å². The lowest BCUT2D eigenvalue weighted by Crippen LogP contribution is -2.47. The maximum atomic E-state index is 13.7. The molecule has 0 saturated heterocycles. The van der Waals surface area contributed by atoms with E-state index in [0.29, 0.717) is 11.3 Å². The fraction of sp³-hybridized carbons (Fsp3) is 0.500. The summed E-state index contributed by atoms with van der Waals surface area (Å²) in [5.74, 6) is -1.72. The quantitative estimate of drug-likeness (QED) is 0.636. The zero-order valence-electron chi connectivity index (χ0n) is 12.9. The third-order valence-corrected chi connectivity index (χ3v) is 3.57. The lowest BCUT2D eigenvalue weighted by atomic mass is 9.84. The van der Waals surface area contributed by atoms with Gasteiger partial charge in [0.15, 0.2) is 11.2 Å². The van der Waals surface area contributed by atoms with Gasteiger partial charge >= 0.3 is 5.97 Å². The van der Waals surface area contributed by atoms with Crippen molar-refractivity contribution in [3.05, 3.63) is 29.3 Å². The molecule has 1 aliphatic carbocycles. The van der Waals surface area contributed by atoms with E-state index in [1.807, 2.05) is 0 Å². The lowest BCUT2D eigenvalue weighted by molar-refractivity contribution is -0.171. The molecule has 0 saturated carbocycles. The number of methoxy groups -OCH3 is 1. The zero-order chi connectivity index (χ0) is 16.7.